The van der Waals surface area contributed by atoms with Gasteiger partial charge in [0.1, 0.15) is 6.61 Å². The molecule has 2 rings (SSSR count). The van der Waals surface area contributed by atoms with Crippen LogP contribution in [0.25, 0.3) is 0 Å². The molecule has 0 aromatic heterocycles. The van der Waals surface area contributed by atoms with E-state index in [4.69, 9.17) is 4.74 Å². The molecule has 2 aromatic carbocycles. The van der Waals surface area contributed by atoms with E-state index in [-0.39, 0.29) is 17.9 Å². The van der Waals surface area contributed by atoms with E-state index in [0.29, 0.717) is 15.4 Å². The van der Waals surface area contributed by atoms with Crippen LogP contribution < -0.4 is 0 Å². The maximum Gasteiger partial charge on any atom is 0.337 e. The quantitative estimate of drug-likeness (QED) is 0.484. The highest BCUT2D eigenvalue weighted by Crippen LogP contribution is 2.34. The summed E-state index contributed by atoms with van der Waals surface area (Å²) >= 11 is 1.15. The monoisotopic (exact) mass is 347 g/mol. The van der Waals surface area contributed by atoms with Gasteiger partial charge in [-0.25, -0.2) is 4.79 Å². The largest absolute Gasteiger partial charge is 0.478 e. The van der Waals surface area contributed by atoms with Crippen LogP contribution in [0.15, 0.2) is 52.3 Å². The van der Waals surface area contributed by atoms with Gasteiger partial charge in [0.15, 0.2) is 0 Å². The molecule has 0 saturated heterocycles. The molecule has 0 heterocycles. The number of hydrogen-bond donors (Lipinski definition) is 1. The van der Waals surface area contributed by atoms with Crippen molar-refractivity contribution in [2.45, 2.75) is 23.3 Å². The van der Waals surface area contributed by atoms with Crippen LogP contribution in [0.2, 0.25) is 0 Å². The van der Waals surface area contributed by atoms with Gasteiger partial charge in [-0.2, -0.15) is 0 Å². The minimum atomic E-state index is -1.25. The van der Waals surface area contributed by atoms with Crippen molar-refractivity contribution in [2.75, 3.05) is 0 Å². The molecule has 8 heteroatoms. The number of non-ortho nitro benzene ring substituents is 1. The minimum Gasteiger partial charge on any atom is -0.478 e. The van der Waals surface area contributed by atoms with Crippen LogP contribution in [0, 0.1) is 10.1 Å². The second-order valence-electron chi connectivity index (χ2n) is 4.73. The molecule has 0 amide bonds. The number of nitrogens with zero attached hydrogens (tertiary/aromatic N) is 1. The Labute approximate surface area is 141 Å². The highest BCUT2D eigenvalue weighted by molar-refractivity contribution is 7.99. The number of carbonyl (C=O) groups is 2. The molecular formula is C16H13NO6S. The van der Waals surface area contributed by atoms with Crippen molar-refractivity contribution in [3.63, 3.8) is 0 Å². The molecule has 0 bridgehead atoms. The zero-order chi connectivity index (χ0) is 17.7. The fraction of sp³-hybridized carbons (Fsp3) is 0.125. The van der Waals surface area contributed by atoms with Crippen molar-refractivity contribution in [3.05, 3.63) is 63.7 Å². The lowest BCUT2D eigenvalue weighted by atomic mass is 10.2. The predicted molar refractivity (Wildman–Crippen MR) is 86.1 cm³/mol. The number of ether oxygens (including phenoxy) is 1. The van der Waals surface area contributed by atoms with Crippen LogP contribution in [-0.4, -0.2) is 22.0 Å². The molecule has 0 saturated carbocycles. The molecule has 2 aromatic rings. The summed E-state index contributed by atoms with van der Waals surface area (Å²) in [6.45, 7) is 1.36. The number of nitro groups is 1. The first-order chi connectivity index (χ1) is 11.4. The summed E-state index contributed by atoms with van der Waals surface area (Å²) in [5.41, 5.74) is 0.272. The first-order valence-electron chi connectivity index (χ1n) is 6.79. The van der Waals surface area contributed by atoms with Gasteiger partial charge >= 0.3 is 11.9 Å². The maximum absolute atomic E-state index is 11.4. The van der Waals surface area contributed by atoms with Gasteiger partial charge in [-0.05, 0) is 12.1 Å². The van der Waals surface area contributed by atoms with Gasteiger partial charge in [0, 0.05) is 34.4 Å². The summed E-state index contributed by atoms with van der Waals surface area (Å²) in [6.07, 6.45) is 0. The van der Waals surface area contributed by atoms with E-state index in [9.17, 15) is 24.8 Å². The molecule has 7 nitrogen and oxygen atoms in total. The third-order valence-electron chi connectivity index (χ3n) is 3.03. The standard InChI is InChI=1S/C16H13NO6S/c1-10(18)23-9-11-4-2-3-5-14(11)24-15-7-6-12(17(21)22)8-13(15)16(19)20/h2-8H,9H2,1H3,(H,19,20). The van der Waals surface area contributed by atoms with Gasteiger partial charge in [0.05, 0.1) is 10.5 Å². The van der Waals surface area contributed by atoms with Crippen molar-refractivity contribution < 1.29 is 24.4 Å². The van der Waals surface area contributed by atoms with Gasteiger partial charge in [-0.1, -0.05) is 30.0 Å². The Kier molecular flexibility index (Phi) is 5.54. The van der Waals surface area contributed by atoms with Crippen LogP contribution in [0.4, 0.5) is 5.69 Å². The van der Waals surface area contributed by atoms with E-state index < -0.39 is 16.9 Å². The molecule has 0 aliphatic heterocycles. The molecule has 0 fully saturated rings. The average molecular weight is 347 g/mol. The van der Waals surface area contributed by atoms with E-state index >= 15 is 0 Å². The second kappa shape index (κ2) is 7.60. The van der Waals surface area contributed by atoms with Crippen LogP contribution >= 0.6 is 11.8 Å². The molecule has 0 radical (unpaired) electrons. The fourth-order valence-corrected chi connectivity index (χ4v) is 2.94. The number of carbonyl (C=O) groups excluding carboxylic acids is 1. The van der Waals surface area contributed by atoms with Gasteiger partial charge in [0.25, 0.3) is 5.69 Å². The van der Waals surface area contributed by atoms with E-state index in [2.05, 4.69) is 0 Å². The summed E-state index contributed by atoms with van der Waals surface area (Å²) in [6, 6.07) is 10.7. The summed E-state index contributed by atoms with van der Waals surface area (Å²) in [5.74, 6) is -1.67. The number of benzene rings is 2. The number of hydrogen-bond acceptors (Lipinski definition) is 6. The lowest BCUT2D eigenvalue weighted by Gasteiger charge is -2.10. The van der Waals surface area contributed by atoms with Crippen molar-refractivity contribution >= 4 is 29.4 Å². The minimum absolute atomic E-state index is 0.0634. The van der Waals surface area contributed by atoms with Crippen LogP contribution in [0.5, 0.6) is 0 Å². The smallest absolute Gasteiger partial charge is 0.337 e. The highest BCUT2D eigenvalue weighted by Gasteiger charge is 2.17. The van der Waals surface area contributed by atoms with Crippen molar-refractivity contribution in [1.82, 2.24) is 0 Å². The molecule has 0 spiro atoms. The van der Waals surface area contributed by atoms with E-state index in [1.54, 1.807) is 24.3 Å². The molecule has 1 N–H and O–H groups in total. The Bertz CT molecular complexity index is 805. The summed E-state index contributed by atoms with van der Waals surface area (Å²) < 4.78 is 4.98. The Balaban J connectivity index is 2.36. The van der Waals surface area contributed by atoms with Gasteiger partial charge < -0.3 is 9.84 Å². The number of nitro benzene ring substituents is 1. The van der Waals surface area contributed by atoms with Crippen LogP contribution in [-0.2, 0) is 16.1 Å². The molecule has 124 valence electrons. The van der Waals surface area contributed by atoms with Crippen molar-refractivity contribution in [3.8, 4) is 0 Å². The number of esters is 1. The predicted octanol–water partition coefficient (Wildman–Crippen LogP) is 3.51. The molecule has 24 heavy (non-hydrogen) atoms. The zero-order valence-corrected chi connectivity index (χ0v) is 13.4. The number of carboxylic acid groups (broad SMARTS) is 1. The third kappa shape index (κ3) is 4.32. The normalized spacial score (nSPS) is 10.2. The third-order valence-corrected chi connectivity index (χ3v) is 4.22. The summed E-state index contributed by atoms with van der Waals surface area (Å²) in [4.78, 5) is 33.6. The lowest BCUT2D eigenvalue weighted by molar-refractivity contribution is -0.384. The van der Waals surface area contributed by atoms with E-state index in [0.717, 1.165) is 17.8 Å². The topological polar surface area (TPSA) is 107 Å². The number of carboxylic acids is 1. The molecule has 0 aliphatic carbocycles. The van der Waals surface area contributed by atoms with Gasteiger partial charge in [-0.15, -0.1) is 0 Å². The number of aromatic carboxylic acids is 1. The van der Waals surface area contributed by atoms with Gasteiger partial charge in [0.2, 0.25) is 0 Å². The highest BCUT2D eigenvalue weighted by atomic mass is 32.2. The van der Waals surface area contributed by atoms with Crippen LogP contribution in [0.3, 0.4) is 0 Å². The summed E-state index contributed by atoms with van der Waals surface area (Å²) in [7, 11) is 0. The molecule has 0 unspecified atom stereocenters. The maximum atomic E-state index is 11.4. The zero-order valence-electron chi connectivity index (χ0n) is 12.6. The van der Waals surface area contributed by atoms with Crippen LogP contribution in [0.1, 0.15) is 22.8 Å². The van der Waals surface area contributed by atoms with Gasteiger partial charge in [-0.3, -0.25) is 14.9 Å². The van der Waals surface area contributed by atoms with E-state index in [1.165, 1.54) is 19.1 Å². The Hall–Kier alpha value is -2.87. The van der Waals surface area contributed by atoms with E-state index in [1.807, 2.05) is 0 Å². The Morgan fingerprint density at radius 3 is 2.54 bits per heavy atom. The molecule has 0 atom stereocenters. The fourth-order valence-electron chi connectivity index (χ4n) is 1.91. The first kappa shape index (κ1) is 17.5. The SMILES string of the molecule is CC(=O)OCc1ccccc1Sc1ccc([N+](=O)[O-])cc1C(=O)O. The number of rotatable bonds is 6. The molecular weight excluding hydrogens is 334 g/mol. The average Bonchev–Trinajstić information content (AvgIpc) is 2.53. The lowest BCUT2D eigenvalue weighted by Crippen LogP contribution is -2.02. The summed E-state index contributed by atoms with van der Waals surface area (Å²) in [5, 5.41) is 20.1. The first-order valence-corrected chi connectivity index (χ1v) is 7.61. The molecule has 0 aliphatic rings. The second-order valence-corrected chi connectivity index (χ2v) is 5.82. The Morgan fingerprint density at radius 1 is 1.21 bits per heavy atom. The Morgan fingerprint density at radius 2 is 1.92 bits per heavy atom. The van der Waals surface area contributed by atoms with Crippen molar-refractivity contribution in [2.24, 2.45) is 0 Å². The van der Waals surface area contributed by atoms with Crippen molar-refractivity contribution in [1.29, 1.82) is 0 Å².